The fraction of sp³-hybridized carbons (Fsp3) is 0.190. The molecule has 0 atom stereocenters. The van der Waals surface area contributed by atoms with Crippen molar-refractivity contribution >= 4 is 28.4 Å². The van der Waals surface area contributed by atoms with Crippen LogP contribution in [0, 0.1) is 0 Å². The molecule has 6 heteroatoms. The minimum Gasteiger partial charge on any atom is -0.494 e. The van der Waals surface area contributed by atoms with Gasteiger partial charge in [0.05, 0.1) is 24.8 Å². The standard InChI is InChI=1S/C21H19N3O3/c1-23(2)14-6-4-13(5-7-14)12-24-20(25)15-8-9-17(27-3)19-18(15)16(21(24)26)10-11-22-19/h4-11H,12H2,1-3H3. The van der Waals surface area contributed by atoms with Crippen molar-refractivity contribution in [3.63, 3.8) is 0 Å². The van der Waals surface area contributed by atoms with E-state index in [1.54, 1.807) is 31.5 Å². The zero-order valence-electron chi connectivity index (χ0n) is 15.4. The first kappa shape index (κ1) is 17.0. The van der Waals surface area contributed by atoms with Crippen LogP contribution in [0.3, 0.4) is 0 Å². The van der Waals surface area contributed by atoms with Crippen LogP contribution in [-0.4, -0.2) is 42.9 Å². The number of hydrogen-bond donors (Lipinski definition) is 0. The molecule has 0 bridgehead atoms. The number of hydrogen-bond acceptors (Lipinski definition) is 5. The van der Waals surface area contributed by atoms with E-state index >= 15 is 0 Å². The highest BCUT2D eigenvalue weighted by Crippen LogP contribution is 2.34. The van der Waals surface area contributed by atoms with Gasteiger partial charge in [-0.15, -0.1) is 0 Å². The number of amides is 2. The highest BCUT2D eigenvalue weighted by atomic mass is 16.5. The zero-order valence-corrected chi connectivity index (χ0v) is 15.4. The molecule has 1 aliphatic rings. The topological polar surface area (TPSA) is 62.7 Å². The first-order chi connectivity index (χ1) is 13.0. The molecule has 1 aliphatic heterocycles. The van der Waals surface area contributed by atoms with Crippen molar-refractivity contribution in [2.24, 2.45) is 0 Å². The lowest BCUT2D eigenvalue weighted by molar-refractivity contribution is 0.0598. The Balaban J connectivity index is 1.75. The number of methoxy groups -OCH3 is 1. The molecule has 0 N–H and O–H groups in total. The van der Waals surface area contributed by atoms with Gasteiger partial charge in [-0.1, -0.05) is 12.1 Å². The number of anilines is 1. The monoisotopic (exact) mass is 361 g/mol. The van der Waals surface area contributed by atoms with Crippen LogP contribution in [-0.2, 0) is 6.54 Å². The molecule has 0 unspecified atom stereocenters. The maximum Gasteiger partial charge on any atom is 0.261 e. The molecule has 0 radical (unpaired) electrons. The normalized spacial score (nSPS) is 13.2. The molecule has 0 aliphatic carbocycles. The number of pyridine rings is 1. The van der Waals surface area contributed by atoms with Crippen molar-refractivity contribution < 1.29 is 14.3 Å². The molecule has 2 aromatic carbocycles. The van der Waals surface area contributed by atoms with Gasteiger partial charge >= 0.3 is 0 Å². The Morgan fingerprint density at radius 3 is 2.26 bits per heavy atom. The molecule has 2 heterocycles. The fourth-order valence-electron chi connectivity index (χ4n) is 3.37. The van der Waals surface area contributed by atoms with E-state index in [4.69, 9.17) is 4.74 Å². The number of aromatic nitrogens is 1. The average Bonchev–Trinajstić information content (AvgIpc) is 2.69. The fourth-order valence-corrected chi connectivity index (χ4v) is 3.37. The summed E-state index contributed by atoms with van der Waals surface area (Å²) in [5.41, 5.74) is 3.42. The second-order valence-corrected chi connectivity index (χ2v) is 6.65. The number of carbonyl (C=O) groups is 2. The maximum atomic E-state index is 13.0. The van der Waals surface area contributed by atoms with Gasteiger partial charge in [0, 0.05) is 31.4 Å². The summed E-state index contributed by atoms with van der Waals surface area (Å²) in [6.07, 6.45) is 1.57. The summed E-state index contributed by atoms with van der Waals surface area (Å²) in [5.74, 6) is -0.0846. The highest BCUT2D eigenvalue weighted by molar-refractivity contribution is 6.25. The number of imide groups is 1. The summed E-state index contributed by atoms with van der Waals surface area (Å²) in [6, 6.07) is 12.9. The Hall–Kier alpha value is -3.41. The van der Waals surface area contributed by atoms with Crippen molar-refractivity contribution in [3.8, 4) is 5.75 Å². The van der Waals surface area contributed by atoms with Crippen LogP contribution >= 0.6 is 0 Å². The van der Waals surface area contributed by atoms with Gasteiger partial charge in [-0.2, -0.15) is 0 Å². The maximum absolute atomic E-state index is 13.0. The van der Waals surface area contributed by atoms with Gasteiger partial charge in [0.25, 0.3) is 11.8 Å². The smallest absolute Gasteiger partial charge is 0.261 e. The summed E-state index contributed by atoms with van der Waals surface area (Å²) in [5, 5.41) is 0.561. The Morgan fingerprint density at radius 1 is 0.963 bits per heavy atom. The van der Waals surface area contributed by atoms with Crippen molar-refractivity contribution in [1.82, 2.24) is 9.88 Å². The van der Waals surface area contributed by atoms with Crippen molar-refractivity contribution in [1.29, 1.82) is 0 Å². The Bertz CT molecular complexity index is 1040. The molecule has 1 aromatic heterocycles. The van der Waals surface area contributed by atoms with E-state index in [2.05, 4.69) is 4.98 Å². The highest BCUT2D eigenvalue weighted by Gasteiger charge is 2.33. The van der Waals surface area contributed by atoms with Crippen LogP contribution in [0.4, 0.5) is 5.69 Å². The van der Waals surface area contributed by atoms with Crippen molar-refractivity contribution in [3.05, 3.63) is 65.4 Å². The molecular weight excluding hydrogens is 342 g/mol. The Morgan fingerprint density at radius 2 is 1.63 bits per heavy atom. The molecule has 2 amide bonds. The molecule has 6 nitrogen and oxygen atoms in total. The largest absolute Gasteiger partial charge is 0.494 e. The first-order valence-corrected chi connectivity index (χ1v) is 8.59. The number of rotatable bonds is 4. The lowest BCUT2D eigenvalue weighted by Gasteiger charge is -2.27. The summed E-state index contributed by atoms with van der Waals surface area (Å²) < 4.78 is 5.33. The quantitative estimate of drug-likeness (QED) is 0.668. The molecule has 4 rings (SSSR count). The minimum atomic E-state index is -0.315. The van der Waals surface area contributed by atoms with Gasteiger partial charge in [0.1, 0.15) is 11.3 Å². The molecule has 0 fully saturated rings. The molecular formula is C21H19N3O3. The second-order valence-electron chi connectivity index (χ2n) is 6.65. The zero-order chi connectivity index (χ0) is 19.1. The number of carbonyl (C=O) groups excluding carboxylic acids is 2. The van der Waals surface area contributed by atoms with Crippen molar-refractivity contribution in [2.45, 2.75) is 6.54 Å². The predicted octanol–water partition coefficient (Wildman–Crippen LogP) is 3.11. The van der Waals surface area contributed by atoms with E-state index in [1.807, 2.05) is 43.3 Å². The van der Waals surface area contributed by atoms with Gasteiger partial charge in [-0.25, -0.2) is 0 Å². The van der Waals surface area contributed by atoms with Gasteiger partial charge in [0.2, 0.25) is 0 Å². The van der Waals surface area contributed by atoms with Gasteiger partial charge in [0.15, 0.2) is 0 Å². The molecule has 0 saturated carbocycles. The number of ether oxygens (including phenoxy) is 1. The summed E-state index contributed by atoms with van der Waals surface area (Å²) in [4.78, 5) is 33.6. The molecule has 0 saturated heterocycles. The second kappa shape index (κ2) is 6.39. The molecule has 27 heavy (non-hydrogen) atoms. The molecule has 0 spiro atoms. The van der Waals surface area contributed by atoms with Crippen LogP contribution in [0.15, 0.2) is 48.7 Å². The van der Waals surface area contributed by atoms with Gasteiger partial charge in [-0.3, -0.25) is 19.5 Å². The van der Waals surface area contributed by atoms with Gasteiger partial charge in [-0.05, 0) is 35.9 Å². The third-order valence-electron chi connectivity index (χ3n) is 4.82. The Kier molecular flexibility index (Phi) is 4.03. The van der Waals surface area contributed by atoms with E-state index in [0.717, 1.165) is 11.3 Å². The van der Waals surface area contributed by atoms with E-state index < -0.39 is 0 Å². The number of benzene rings is 2. The van der Waals surface area contributed by atoms with E-state index in [-0.39, 0.29) is 18.4 Å². The SMILES string of the molecule is COc1ccc2c3c(ccnc13)C(=O)N(Cc1ccc(N(C)C)cc1)C2=O. The molecule has 3 aromatic rings. The lowest BCUT2D eigenvalue weighted by Crippen LogP contribution is -2.39. The predicted molar refractivity (Wildman–Crippen MR) is 103 cm³/mol. The third kappa shape index (κ3) is 2.70. The first-order valence-electron chi connectivity index (χ1n) is 8.59. The van der Waals surface area contributed by atoms with Crippen LogP contribution in [0.25, 0.3) is 10.9 Å². The summed E-state index contributed by atoms with van der Waals surface area (Å²) >= 11 is 0. The van der Waals surface area contributed by atoms with E-state index in [9.17, 15) is 9.59 Å². The van der Waals surface area contributed by atoms with E-state index in [0.29, 0.717) is 27.8 Å². The lowest BCUT2D eigenvalue weighted by atomic mass is 9.96. The molecule has 136 valence electrons. The average molecular weight is 361 g/mol. The number of nitrogens with zero attached hydrogens (tertiary/aromatic N) is 3. The van der Waals surface area contributed by atoms with E-state index in [1.165, 1.54) is 4.90 Å². The summed E-state index contributed by atoms with van der Waals surface area (Å²) in [7, 11) is 5.47. The third-order valence-corrected chi connectivity index (χ3v) is 4.82. The van der Waals surface area contributed by atoms with Crippen LogP contribution in [0.5, 0.6) is 5.75 Å². The minimum absolute atomic E-state index is 0.223. The summed E-state index contributed by atoms with van der Waals surface area (Å²) in [6.45, 7) is 0.223. The van der Waals surface area contributed by atoms with Crippen LogP contribution in [0.2, 0.25) is 0 Å². The van der Waals surface area contributed by atoms with Gasteiger partial charge < -0.3 is 9.64 Å². The Labute approximate surface area is 157 Å². The van der Waals surface area contributed by atoms with Crippen LogP contribution in [0.1, 0.15) is 26.3 Å². The van der Waals surface area contributed by atoms with Crippen LogP contribution < -0.4 is 9.64 Å². The van der Waals surface area contributed by atoms with Crippen molar-refractivity contribution in [2.75, 3.05) is 26.1 Å².